The number of piperidine rings is 1. The number of likely N-dealkylation sites (tertiary alicyclic amines) is 1. The summed E-state index contributed by atoms with van der Waals surface area (Å²) in [4.78, 5) is 14.5. The highest BCUT2D eigenvalue weighted by Gasteiger charge is 2.26. The number of nitrogens with two attached hydrogens (primary N) is 1. The fraction of sp³-hybridized carbons (Fsp3) is 0.533. The van der Waals surface area contributed by atoms with Gasteiger partial charge in [-0.25, -0.2) is 0 Å². The summed E-state index contributed by atoms with van der Waals surface area (Å²) < 4.78 is 5.11. The van der Waals surface area contributed by atoms with Crippen LogP contribution in [0.5, 0.6) is 0 Å². The van der Waals surface area contributed by atoms with Gasteiger partial charge in [0.05, 0.1) is 6.61 Å². The summed E-state index contributed by atoms with van der Waals surface area (Å²) in [5, 5.41) is 0. The van der Waals surface area contributed by atoms with Crippen molar-refractivity contribution in [1.82, 2.24) is 4.90 Å². The number of hydrogen-bond acceptors (Lipinski definition) is 3. The third-order valence-electron chi connectivity index (χ3n) is 3.65. The standard InChI is InChI=1S/C15H22N2O2.ClH/c1-19-11-12-5-4-6-13(9-12)15(18)17-8-3-2-7-14(17)10-16;/h4-6,9,14H,2-3,7-8,10-11,16H2,1H3;1H. The Bertz CT molecular complexity index is 440. The van der Waals surface area contributed by atoms with E-state index < -0.39 is 0 Å². The van der Waals surface area contributed by atoms with Crippen LogP contribution in [0.15, 0.2) is 24.3 Å². The molecule has 20 heavy (non-hydrogen) atoms. The van der Waals surface area contributed by atoms with Crippen molar-refractivity contribution in [2.75, 3.05) is 20.2 Å². The molecule has 112 valence electrons. The van der Waals surface area contributed by atoms with Crippen molar-refractivity contribution in [2.24, 2.45) is 5.73 Å². The minimum Gasteiger partial charge on any atom is -0.380 e. The lowest BCUT2D eigenvalue weighted by Gasteiger charge is -2.35. The maximum atomic E-state index is 12.6. The van der Waals surface area contributed by atoms with E-state index in [0.717, 1.165) is 36.9 Å². The molecule has 0 spiro atoms. The van der Waals surface area contributed by atoms with E-state index in [0.29, 0.717) is 13.2 Å². The third-order valence-corrected chi connectivity index (χ3v) is 3.65. The van der Waals surface area contributed by atoms with Crippen LogP contribution in [0.25, 0.3) is 0 Å². The SMILES string of the molecule is COCc1cccc(C(=O)N2CCCCC2CN)c1.Cl. The molecule has 0 saturated carbocycles. The molecule has 2 N–H and O–H groups in total. The smallest absolute Gasteiger partial charge is 0.254 e. The van der Waals surface area contributed by atoms with E-state index in [1.165, 1.54) is 0 Å². The van der Waals surface area contributed by atoms with Gasteiger partial charge in [0.15, 0.2) is 0 Å². The molecule has 0 radical (unpaired) electrons. The molecular formula is C15H23ClN2O2. The molecule has 1 aliphatic heterocycles. The van der Waals surface area contributed by atoms with Gasteiger partial charge in [-0.05, 0) is 37.0 Å². The molecular weight excluding hydrogens is 276 g/mol. The summed E-state index contributed by atoms with van der Waals surface area (Å²) in [7, 11) is 1.66. The van der Waals surface area contributed by atoms with Crippen LogP contribution in [0.3, 0.4) is 0 Å². The van der Waals surface area contributed by atoms with Crippen molar-refractivity contribution in [3.63, 3.8) is 0 Å². The monoisotopic (exact) mass is 298 g/mol. The van der Waals surface area contributed by atoms with E-state index in [-0.39, 0.29) is 24.4 Å². The Labute approximate surface area is 126 Å². The second-order valence-electron chi connectivity index (χ2n) is 5.02. The lowest BCUT2D eigenvalue weighted by atomic mass is 10.0. The molecule has 1 heterocycles. The van der Waals surface area contributed by atoms with Crippen LogP contribution < -0.4 is 5.73 Å². The Morgan fingerprint density at radius 3 is 2.95 bits per heavy atom. The molecule has 1 aliphatic rings. The van der Waals surface area contributed by atoms with Crippen LogP contribution in [-0.2, 0) is 11.3 Å². The molecule has 1 saturated heterocycles. The second-order valence-corrected chi connectivity index (χ2v) is 5.02. The normalized spacial score (nSPS) is 18.5. The van der Waals surface area contributed by atoms with E-state index in [1.807, 2.05) is 29.2 Å². The Morgan fingerprint density at radius 1 is 1.45 bits per heavy atom. The summed E-state index contributed by atoms with van der Waals surface area (Å²) >= 11 is 0. The van der Waals surface area contributed by atoms with Gasteiger partial charge >= 0.3 is 0 Å². The quantitative estimate of drug-likeness (QED) is 0.927. The van der Waals surface area contributed by atoms with E-state index in [9.17, 15) is 4.79 Å². The number of methoxy groups -OCH3 is 1. The van der Waals surface area contributed by atoms with Gasteiger partial charge in [0.2, 0.25) is 0 Å². The molecule has 1 fully saturated rings. The van der Waals surface area contributed by atoms with Crippen molar-refractivity contribution in [3.05, 3.63) is 35.4 Å². The number of carbonyl (C=O) groups is 1. The molecule has 0 aliphatic carbocycles. The molecule has 1 aromatic carbocycles. The van der Waals surface area contributed by atoms with E-state index in [4.69, 9.17) is 10.5 Å². The zero-order chi connectivity index (χ0) is 13.7. The van der Waals surface area contributed by atoms with Crippen molar-refractivity contribution >= 4 is 18.3 Å². The van der Waals surface area contributed by atoms with Gasteiger partial charge in [-0.3, -0.25) is 4.79 Å². The predicted octanol–water partition coefficient (Wildman–Crippen LogP) is 2.21. The molecule has 0 bridgehead atoms. The molecule has 2 rings (SSSR count). The van der Waals surface area contributed by atoms with Crippen LogP contribution in [0.1, 0.15) is 35.2 Å². The lowest BCUT2D eigenvalue weighted by molar-refractivity contribution is 0.0623. The first-order valence-electron chi connectivity index (χ1n) is 6.85. The number of halogens is 1. The first-order chi connectivity index (χ1) is 9.26. The van der Waals surface area contributed by atoms with Crippen molar-refractivity contribution in [2.45, 2.75) is 31.9 Å². The minimum absolute atomic E-state index is 0. The first kappa shape index (κ1) is 17.0. The first-order valence-corrected chi connectivity index (χ1v) is 6.85. The van der Waals surface area contributed by atoms with Crippen molar-refractivity contribution in [3.8, 4) is 0 Å². The highest BCUT2D eigenvalue weighted by atomic mass is 35.5. The van der Waals surface area contributed by atoms with E-state index in [1.54, 1.807) is 7.11 Å². The Kier molecular flexibility index (Phi) is 6.99. The van der Waals surface area contributed by atoms with Crippen molar-refractivity contribution < 1.29 is 9.53 Å². The second kappa shape index (κ2) is 8.25. The third kappa shape index (κ3) is 3.95. The summed E-state index contributed by atoms with van der Waals surface area (Å²) in [5.41, 5.74) is 7.53. The Morgan fingerprint density at radius 2 is 2.25 bits per heavy atom. The maximum Gasteiger partial charge on any atom is 0.254 e. The van der Waals surface area contributed by atoms with Gasteiger partial charge in [0.25, 0.3) is 5.91 Å². The van der Waals surface area contributed by atoms with E-state index >= 15 is 0 Å². The van der Waals surface area contributed by atoms with Crippen LogP contribution >= 0.6 is 12.4 Å². The van der Waals surface area contributed by atoms with Gasteiger partial charge < -0.3 is 15.4 Å². The lowest BCUT2D eigenvalue weighted by Crippen LogP contribution is -2.47. The summed E-state index contributed by atoms with van der Waals surface area (Å²) in [6.45, 7) is 1.89. The predicted molar refractivity (Wildman–Crippen MR) is 82.1 cm³/mol. The van der Waals surface area contributed by atoms with Gasteiger partial charge in [0, 0.05) is 31.8 Å². The fourth-order valence-electron chi connectivity index (χ4n) is 2.64. The van der Waals surface area contributed by atoms with Crippen LogP contribution in [0, 0.1) is 0 Å². The van der Waals surface area contributed by atoms with Crippen molar-refractivity contribution in [1.29, 1.82) is 0 Å². The minimum atomic E-state index is 0. The molecule has 0 aromatic heterocycles. The van der Waals surface area contributed by atoms with Crippen LogP contribution in [-0.4, -0.2) is 37.0 Å². The van der Waals surface area contributed by atoms with Crippen LogP contribution in [0.2, 0.25) is 0 Å². The van der Waals surface area contributed by atoms with Crippen LogP contribution in [0.4, 0.5) is 0 Å². The highest BCUT2D eigenvalue weighted by molar-refractivity contribution is 5.94. The molecule has 4 nitrogen and oxygen atoms in total. The van der Waals surface area contributed by atoms with Gasteiger partial charge in [-0.1, -0.05) is 12.1 Å². The van der Waals surface area contributed by atoms with Gasteiger partial charge in [0.1, 0.15) is 0 Å². The largest absolute Gasteiger partial charge is 0.380 e. The fourth-order valence-corrected chi connectivity index (χ4v) is 2.64. The summed E-state index contributed by atoms with van der Waals surface area (Å²) in [5.74, 6) is 0.0908. The molecule has 5 heteroatoms. The Balaban J connectivity index is 0.00000200. The summed E-state index contributed by atoms with van der Waals surface area (Å²) in [6.07, 6.45) is 3.25. The topological polar surface area (TPSA) is 55.6 Å². The van der Waals surface area contributed by atoms with Gasteiger partial charge in [-0.15, -0.1) is 12.4 Å². The number of amides is 1. The Hall–Kier alpha value is -1.10. The zero-order valence-corrected chi connectivity index (χ0v) is 12.7. The number of rotatable bonds is 4. The van der Waals surface area contributed by atoms with Gasteiger partial charge in [-0.2, -0.15) is 0 Å². The number of ether oxygens (including phenoxy) is 1. The van der Waals surface area contributed by atoms with E-state index in [2.05, 4.69) is 0 Å². The maximum absolute atomic E-state index is 12.6. The number of hydrogen-bond donors (Lipinski definition) is 1. The highest BCUT2D eigenvalue weighted by Crippen LogP contribution is 2.19. The number of carbonyl (C=O) groups excluding carboxylic acids is 1. The average molecular weight is 299 g/mol. The molecule has 1 amide bonds. The average Bonchev–Trinajstić information content (AvgIpc) is 2.47. The summed E-state index contributed by atoms with van der Waals surface area (Å²) in [6, 6.07) is 7.84. The number of benzene rings is 1. The molecule has 1 unspecified atom stereocenters. The molecule has 1 aromatic rings. The number of nitrogens with zero attached hydrogens (tertiary/aromatic N) is 1. The molecule has 1 atom stereocenters. The zero-order valence-electron chi connectivity index (χ0n) is 11.9.